The lowest BCUT2D eigenvalue weighted by molar-refractivity contribution is 0.830. The van der Waals surface area contributed by atoms with Gasteiger partial charge in [0.05, 0.1) is 22.5 Å². The highest BCUT2D eigenvalue weighted by Gasteiger charge is 2.30. The minimum absolute atomic E-state index is 0.166. The zero-order valence-electron chi connectivity index (χ0n) is 19.4. The number of hydrogen-bond donors (Lipinski definition) is 2. The molecule has 0 saturated heterocycles. The molecule has 2 aromatic heterocycles. The molecule has 0 fully saturated rings. The van der Waals surface area contributed by atoms with E-state index in [0.717, 1.165) is 33.9 Å². The number of aromatic nitrogens is 4. The Hall–Kier alpha value is -4.32. The lowest BCUT2D eigenvalue weighted by Crippen LogP contribution is -2.25. The summed E-state index contributed by atoms with van der Waals surface area (Å²) in [6.07, 6.45) is 0. The standard InChI is InChI=1S/C28H26N4O2/c1-18-14-16-21(17-15-18)26(24-19(2)29-31(27(24)33)22-10-6-4-7-11-22)25-20(3)30-32(28(25)34)23-12-8-5-9-13-23/h4-17,26,29-30H,1-3H3. The van der Waals surface area contributed by atoms with E-state index in [1.165, 1.54) is 0 Å². The fourth-order valence-corrected chi connectivity index (χ4v) is 4.55. The van der Waals surface area contributed by atoms with Crippen molar-refractivity contribution in [2.75, 3.05) is 0 Å². The van der Waals surface area contributed by atoms with Crippen molar-refractivity contribution in [3.05, 3.63) is 139 Å². The first-order valence-electron chi connectivity index (χ1n) is 11.3. The molecule has 0 spiro atoms. The van der Waals surface area contributed by atoms with Crippen LogP contribution < -0.4 is 11.1 Å². The smallest absolute Gasteiger partial charge is 0.275 e. The number of para-hydroxylation sites is 2. The first-order chi connectivity index (χ1) is 16.5. The average Bonchev–Trinajstić information content (AvgIpc) is 3.32. The molecule has 2 N–H and O–H groups in total. The van der Waals surface area contributed by atoms with E-state index in [1.54, 1.807) is 9.36 Å². The first-order valence-corrected chi connectivity index (χ1v) is 11.3. The molecule has 3 aromatic carbocycles. The van der Waals surface area contributed by atoms with Crippen LogP contribution in [0.4, 0.5) is 0 Å². The van der Waals surface area contributed by atoms with Crippen molar-refractivity contribution in [3.63, 3.8) is 0 Å². The summed E-state index contributed by atoms with van der Waals surface area (Å²) in [5, 5.41) is 6.45. The van der Waals surface area contributed by atoms with Crippen LogP contribution in [0.15, 0.2) is 94.5 Å². The lowest BCUT2D eigenvalue weighted by atomic mass is 9.85. The molecule has 0 radical (unpaired) electrons. The van der Waals surface area contributed by atoms with Gasteiger partial charge in [0.1, 0.15) is 0 Å². The maximum Gasteiger partial charge on any atom is 0.275 e. The third-order valence-corrected chi connectivity index (χ3v) is 6.25. The predicted molar refractivity (Wildman–Crippen MR) is 134 cm³/mol. The number of aromatic amines is 2. The van der Waals surface area contributed by atoms with Gasteiger partial charge in [0, 0.05) is 17.3 Å². The van der Waals surface area contributed by atoms with E-state index < -0.39 is 5.92 Å². The Morgan fingerprint density at radius 3 is 1.41 bits per heavy atom. The van der Waals surface area contributed by atoms with Gasteiger partial charge in [-0.3, -0.25) is 19.8 Å². The summed E-state index contributed by atoms with van der Waals surface area (Å²) in [4.78, 5) is 27.5. The summed E-state index contributed by atoms with van der Waals surface area (Å²) < 4.78 is 3.09. The molecule has 6 nitrogen and oxygen atoms in total. The van der Waals surface area contributed by atoms with Gasteiger partial charge in [0.2, 0.25) is 0 Å². The van der Waals surface area contributed by atoms with Crippen molar-refractivity contribution < 1.29 is 0 Å². The second kappa shape index (κ2) is 8.56. The van der Waals surface area contributed by atoms with Crippen LogP contribution >= 0.6 is 0 Å². The normalized spacial score (nSPS) is 11.3. The molecule has 0 bridgehead atoms. The molecule has 5 aromatic rings. The molecule has 0 aliphatic rings. The zero-order valence-corrected chi connectivity index (χ0v) is 19.4. The second-order valence-corrected chi connectivity index (χ2v) is 8.60. The Balaban J connectivity index is 1.77. The van der Waals surface area contributed by atoms with Crippen LogP contribution in [0.3, 0.4) is 0 Å². The van der Waals surface area contributed by atoms with Gasteiger partial charge < -0.3 is 0 Å². The van der Waals surface area contributed by atoms with Gasteiger partial charge in [-0.2, -0.15) is 0 Å². The molecule has 170 valence electrons. The van der Waals surface area contributed by atoms with E-state index in [2.05, 4.69) is 10.2 Å². The van der Waals surface area contributed by atoms with E-state index in [4.69, 9.17) is 0 Å². The highest BCUT2D eigenvalue weighted by molar-refractivity contribution is 5.47. The molecular weight excluding hydrogens is 424 g/mol. The summed E-state index contributed by atoms with van der Waals surface area (Å²) >= 11 is 0. The van der Waals surface area contributed by atoms with Crippen molar-refractivity contribution in [1.82, 2.24) is 19.6 Å². The number of rotatable bonds is 5. The largest absolute Gasteiger partial charge is 0.295 e. The van der Waals surface area contributed by atoms with Crippen LogP contribution in [-0.2, 0) is 0 Å². The molecule has 0 atom stereocenters. The molecule has 2 heterocycles. The van der Waals surface area contributed by atoms with Gasteiger partial charge in [-0.15, -0.1) is 0 Å². The number of nitrogens with zero attached hydrogens (tertiary/aromatic N) is 2. The number of benzene rings is 3. The molecule has 34 heavy (non-hydrogen) atoms. The maximum absolute atomic E-state index is 13.8. The Bertz CT molecular complexity index is 1460. The molecule has 0 aliphatic heterocycles. The number of hydrogen-bond acceptors (Lipinski definition) is 2. The Morgan fingerprint density at radius 2 is 1.00 bits per heavy atom. The third kappa shape index (κ3) is 3.63. The lowest BCUT2D eigenvalue weighted by Gasteiger charge is -2.16. The topological polar surface area (TPSA) is 75.6 Å². The monoisotopic (exact) mass is 450 g/mol. The van der Waals surface area contributed by atoms with Crippen LogP contribution in [0.1, 0.15) is 39.6 Å². The average molecular weight is 451 g/mol. The Kier molecular flexibility index (Phi) is 5.42. The van der Waals surface area contributed by atoms with Crippen molar-refractivity contribution in [3.8, 4) is 11.4 Å². The van der Waals surface area contributed by atoms with Crippen LogP contribution in [0, 0.1) is 20.8 Å². The molecular formula is C28H26N4O2. The Labute approximate surface area is 197 Å². The zero-order chi connectivity index (χ0) is 23.8. The van der Waals surface area contributed by atoms with Crippen LogP contribution in [0.25, 0.3) is 11.4 Å². The van der Waals surface area contributed by atoms with Gasteiger partial charge in [-0.1, -0.05) is 66.2 Å². The van der Waals surface area contributed by atoms with Crippen molar-refractivity contribution in [2.24, 2.45) is 0 Å². The van der Waals surface area contributed by atoms with Crippen LogP contribution in [0.2, 0.25) is 0 Å². The summed E-state index contributed by atoms with van der Waals surface area (Å²) in [6, 6.07) is 26.9. The number of H-pyrrole nitrogens is 2. The van der Waals surface area contributed by atoms with Gasteiger partial charge in [0.15, 0.2) is 0 Å². The molecule has 0 amide bonds. The summed E-state index contributed by atoms with van der Waals surface area (Å²) in [7, 11) is 0. The second-order valence-electron chi connectivity index (χ2n) is 8.60. The highest BCUT2D eigenvalue weighted by atomic mass is 16.1. The summed E-state index contributed by atoms with van der Waals surface area (Å²) in [5.41, 5.74) is 5.75. The molecule has 0 unspecified atom stereocenters. The van der Waals surface area contributed by atoms with E-state index >= 15 is 0 Å². The molecule has 5 rings (SSSR count). The predicted octanol–water partition coefficient (Wildman–Crippen LogP) is 4.75. The highest BCUT2D eigenvalue weighted by Crippen LogP contribution is 2.32. The Morgan fingerprint density at radius 1 is 0.588 bits per heavy atom. The van der Waals surface area contributed by atoms with Crippen molar-refractivity contribution in [1.29, 1.82) is 0 Å². The minimum atomic E-state index is -0.525. The van der Waals surface area contributed by atoms with E-state index in [1.807, 2.05) is 106 Å². The van der Waals surface area contributed by atoms with E-state index in [-0.39, 0.29) is 11.1 Å². The van der Waals surface area contributed by atoms with Crippen LogP contribution in [0.5, 0.6) is 0 Å². The maximum atomic E-state index is 13.8. The third-order valence-electron chi connectivity index (χ3n) is 6.25. The molecule has 6 heteroatoms. The van der Waals surface area contributed by atoms with Gasteiger partial charge in [-0.05, 0) is 50.6 Å². The van der Waals surface area contributed by atoms with Gasteiger partial charge in [0.25, 0.3) is 11.1 Å². The summed E-state index contributed by atoms with van der Waals surface area (Å²) in [5.74, 6) is -0.525. The molecule has 0 saturated carbocycles. The SMILES string of the molecule is Cc1ccc(C(c2c(C)[nH]n(-c3ccccc3)c2=O)c2c(C)[nH]n(-c3ccccc3)c2=O)cc1. The summed E-state index contributed by atoms with van der Waals surface area (Å²) in [6.45, 7) is 5.79. The fourth-order valence-electron chi connectivity index (χ4n) is 4.55. The fraction of sp³-hybridized carbons (Fsp3) is 0.143. The van der Waals surface area contributed by atoms with Gasteiger partial charge >= 0.3 is 0 Å². The minimum Gasteiger partial charge on any atom is -0.295 e. The van der Waals surface area contributed by atoms with E-state index in [9.17, 15) is 9.59 Å². The van der Waals surface area contributed by atoms with Crippen LogP contribution in [-0.4, -0.2) is 19.6 Å². The van der Waals surface area contributed by atoms with E-state index in [0.29, 0.717) is 11.1 Å². The number of nitrogens with one attached hydrogen (secondary N) is 2. The quantitative estimate of drug-likeness (QED) is 0.405. The van der Waals surface area contributed by atoms with Crippen molar-refractivity contribution in [2.45, 2.75) is 26.7 Å². The number of aryl methyl sites for hydroxylation is 3. The molecule has 0 aliphatic carbocycles. The first kappa shape index (κ1) is 21.5. The van der Waals surface area contributed by atoms with Crippen molar-refractivity contribution >= 4 is 0 Å². The van der Waals surface area contributed by atoms with Gasteiger partial charge in [-0.25, -0.2) is 9.36 Å².